The number of benzene rings is 11. The first-order valence-corrected chi connectivity index (χ1v) is 24.4. The van der Waals surface area contributed by atoms with Gasteiger partial charge < -0.3 is 0 Å². The highest BCUT2D eigenvalue weighted by Gasteiger charge is 2.23. The molecule has 0 aromatic heterocycles. The zero-order chi connectivity index (χ0) is 46.4. The van der Waals surface area contributed by atoms with Gasteiger partial charge in [0.2, 0.25) is 0 Å². The normalized spacial score (nSPS) is 12.7. The van der Waals surface area contributed by atoms with Crippen molar-refractivity contribution in [2.75, 3.05) is 0 Å². The van der Waals surface area contributed by atoms with E-state index in [-0.39, 0.29) is 10.8 Å². The predicted molar refractivity (Wildman–Crippen MR) is 297 cm³/mol. The number of hydrogen-bond acceptors (Lipinski definition) is 0. The summed E-state index contributed by atoms with van der Waals surface area (Å²) < 4.78 is 0. The van der Waals surface area contributed by atoms with Crippen LogP contribution >= 0.6 is 0 Å². The molecule has 0 radical (unpaired) electrons. The second kappa shape index (κ2) is 14.5. The minimum absolute atomic E-state index is 0.101. The van der Waals surface area contributed by atoms with Gasteiger partial charge in [0.05, 0.1) is 0 Å². The van der Waals surface area contributed by atoms with Crippen molar-refractivity contribution in [2.45, 2.75) is 66.2 Å². The maximum atomic E-state index is 2.54. The lowest BCUT2D eigenvalue weighted by Crippen LogP contribution is -2.10. The van der Waals surface area contributed by atoms with Crippen molar-refractivity contribution < 1.29 is 0 Å². The number of rotatable bonds is 4. The van der Waals surface area contributed by atoms with Gasteiger partial charge in [0.15, 0.2) is 0 Å². The summed E-state index contributed by atoms with van der Waals surface area (Å²) in [5.41, 5.74) is 15.4. The summed E-state index contributed by atoms with van der Waals surface area (Å²) in [4.78, 5) is 0. The molecule has 0 spiro atoms. The largest absolute Gasteiger partial charge is 0.0614 e. The van der Waals surface area contributed by atoms with Crippen molar-refractivity contribution in [1.82, 2.24) is 0 Å². The molecule has 0 saturated heterocycles. The molecular weight excluding hydrogens is 817 g/mol. The molecule has 0 aliphatic carbocycles. The first-order chi connectivity index (χ1) is 32.7. The zero-order valence-electron chi connectivity index (χ0n) is 40.3. The molecular formula is C68H54. The van der Waals surface area contributed by atoms with Crippen molar-refractivity contribution in [1.29, 1.82) is 0 Å². The fourth-order valence-corrected chi connectivity index (χ4v) is 11.7. The zero-order valence-corrected chi connectivity index (χ0v) is 40.3. The number of hydrogen-bond donors (Lipinski definition) is 0. The van der Waals surface area contributed by atoms with E-state index >= 15 is 0 Å². The van der Waals surface area contributed by atoms with E-state index < -0.39 is 0 Å². The number of aryl methyl sites for hydroxylation is 2. The summed E-state index contributed by atoms with van der Waals surface area (Å²) in [6.07, 6.45) is 0. The molecule has 326 valence electrons. The second-order valence-electron chi connectivity index (χ2n) is 21.9. The summed E-state index contributed by atoms with van der Waals surface area (Å²) in [6, 6.07) is 70.6. The maximum Gasteiger partial charge on any atom is -0.00195 e. The smallest absolute Gasteiger partial charge is 0.00195 e. The van der Waals surface area contributed by atoms with Crippen molar-refractivity contribution in [3.8, 4) is 44.5 Å². The molecule has 0 fully saturated rings. The van der Waals surface area contributed by atoms with Crippen LogP contribution in [0.1, 0.15) is 63.8 Å². The van der Waals surface area contributed by atoms with Crippen LogP contribution in [0.15, 0.2) is 182 Å². The Morgan fingerprint density at radius 2 is 0.500 bits per heavy atom. The first-order valence-electron chi connectivity index (χ1n) is 24.4. The highest BCUT2D eigenvalue weighted by atomic mass is 14.3. The lowest BCUT2D eigenvalue weighted by molar-refractivity contribution is 0.590. The third kappa shape index (κ3) is 6.27. The van der Waals surface area contributed by atoms with Gasteiger partial charge in [0, 0.05) is 0 Å². The summed E-state index contributed by atoms with van der Waals surface area (Å²) in [5.74, 6) is 0. The molecule has 0 saturated carbocycles. The van der Waals surface area contributed by atoms with Gasteiger partial charge in [-0.3, -0.25) is 0 Å². The van der Waals surface area contributed by atoms with Gasteiger partial charge in [-0.2, -0.15) is 0 Å². The highest BCUT2D eigenvalue weighted by molar-refractivity contribution is 6.41. The van der Waals surface area contributed by atoms with Gasteiger partial charge in [-0.1, -0.05) is 186 Å². The lowest BCUT2D eigenvalue weighted by atomic mass is 9.86. The average molecular weight is 871 g/mol. The Morgan fingerprint density at radius 1 is 0.221 bits per heavy atom. The molecule has 0 nitrogen and oxygen atoms in total. The van der Waals surface area contributed by atoms with Crippen LogP contribution in [0.4, 0.5) is 0 Å². The van der Waals surface area contributed by atoms with Gasteiger partial charge in [-0.25, -0.2) is 0 Å². The number of fused-ring (bicyclic) bond motifs is 11. The Bertz CT molecular complexity index is 3910. The van der Waals surface area contributed by atoms with Crippen LogP contribution in [0.5, 0.6) is 0 Å². The van der Waals surface area contributed by atoms with Crippen LogP contribution in [0.3, 0.4) is 0 Å². The third-order valence-electron chi connectivity index (χ3n) is 15.3. The Balaban J connectivity index is 1.14. The minimum Gasteiger partial charge on any atom is -0.0614 e. The molecule has 0 amide bonds. The van der Waals surface area contributed by atoms with Crippen LogP contribution < -0.4 is 0 Å². The monoisotopic (exact) mass is 870 g/mol. The van der Waals surface area contributed by atoms with E-state index in [0.717, 1.165) is 0 Å². The first kappa shape index (κ1) is 40.7. The summed E-state index contributed by atoms with van der Waals surface area (Å²) in [6.45, 7) is 18.1. The van der Waals surface area contributed by atoms with E-state index in [4.69, 9.17) is 0 Å². The highest BCUT2D eigenvalue weighted by Crippen LogP contribution is 2.50. The molecule has 13 aromatic carbocycles. The maximum absolute atomic E-state index is 2.54. The molecule has 68 heavy (non-hydrogen) atoms. The van der Waals surface area contributed by atoms with E-state index in [1.807, 2.05) is 0 Å². The molecule has 13 rings (SSSR count). The second-order valence-corrected chi connectivity index (χ2v) is 21.9. The molecule has 0 atom stereocenters. The van der Waals surface area contributed by atoms with Crippen LogP contribution in [-0.4, -0.2) is 0 Å². The van der Waals surface area contributed by atoms with Crippen LogP contribution in [0.2, 0.25) is 0 Å². The fraction of sp³-hybridized carbons (Fsp3) is 0.147. The van der Waals surface area contributed by atoms with Crippen molar-refractivity contribution in [2.24, 2.45) is 0 Å². The van der Waals surface area contributed by atoms with Gasteiger partial charge in [-0.05, 0) is 215 Å². The average Bonchev–Trinajstić information content (AvgIpc) is 3.82. The molecule has 0 bridgehead atoms. The van der Waals surface area contributed by atoms with E-state index in [0.29, 0.717) is 0 Å². The molecule has 13 aromatic rings. The van der Waals surface area contributed by atoms with E-state index in [2.05, 4.69) is 237 Å². The van der Waals surface area contributed by atoms with Gasteiger partial charge in [-0.15, -0.1) is 0 Å². The van der Waals surface area contributed by atoms with Crippen LogP contribution in [0, 0.1) is 13.8 Å². The van der Waals surface area contributed by atoms with Gasteiger partial charge in [0.1, 0.15) is 0 Å². The Hall–Kier alpha value is -7.54. The molecule has 0 heterocycles. The summed E-state index contributed by atoms with van der Waals surface area (Å²) in [7, 11) is 0. The van der Waals surface area contributed by atoms with E-state index in [1.165, 1.54) is 153 Å². The molecule has 0 N–H and O–H groups in total. The fourth-order valence-electron chi connectivity index (χ4n) is 11.7. The summed E-state index contributed by atoms with van der Waals surface area (Å²) >= 11 is 0. The van der Waals surface area contributed by atoms with Crippen LogP contribution in [-0.2, 0) is 10.8 Å². The lowest BCUT2D eigenvalue weighted by Gasteiger charge is -2.19. The summed E-state index contributed by atoms with van der Waals surface area (Å²) in [5, 5.41) is 21.0. The van der Waals surface area contributed by atoms with Gasteiger partial charge in [0.25, 0.3) is 0 Å². The quantitative estimate of drug-likeness (QED) is 0.155. The Kier molecular flexibility index (Phi) is 8.67. The molecule has 0 aliphatic rings. The Morgan fingerprint density at radius 3 is 0.838 bits per heavy atom. The van der Waals surface area contributed by atoms with Crippen molar-refractivity contribution in [3.05, 3.63) is 204 Å². The SMILES string of the molecule is Cc1cccc(-c2cc3c4ccc5c(cc6c7cc(-c8ccc(C(C)(C)C)cc8)ccc7c7cc(-c8cccc(C)c8)cc5c76)c4cc4c5cc(-c6ccc(C(C)(C)C)cc6)ccc5c(c2)c34)c1. The predicted octanol–water partition coefficient (Wildman–Crippen LogP) is 19.7. The molecule has 0 unspecified atom stereocenters. The van der Waals surface area contributed by atoms with E-state index in [9.17, 15) is 0 Å². The molecule has 0 aliphatic heterocycles. The van der Waals surface area contributed by atoms with Gasteiger partial charge >= 0.3 is 0 Å². The van der Waals surface area contributed by atoms with Crippen LogP contribution in [0.25, 0.3) is 131 Å². The standard InChI is InChI=1S/C68H54/c1-39-11-9-13-43(29-39)47-33-59-51-25-19-45(41-15-21-49(22-16-41)67(3,4)5)31-55(51)63-37-57-53(61(35-47)65(59)63)27-28-54-58(57)38-64-56-32-46(42-17-23-50(24-18-42)68(6,7)8)20-26-52(56)60-34-48(36-62(54)66(60)64)44-14-10-12-40(2)30-44/h9-38H,1-8H3. The van der Waals surface area contributed by atoms with Crippen molar-refractivity contribution in [3.63, 3.8) is 0 Å². The Labute approximate surface area is 399 Å². The van der Waals surface area contributed by atoms with E-state index in [1.54, 1.807) is 0 Å². The topological polar surface area (TPSA) is 0 Å². The minimum atomic E-state index is 0.101. The van der Waals surface area contributed by atoms with Crippen molar-refractivity contribution >= 4 is 86.2 Å². The molecule has 0 heteroatoms. The third-order valence-corrected chi connectivity index (χ3v) is 15.3.